The smallest absolute Gasteiger partial charge is 0.336 e. The van der Waals surface area contributed by atoms with Gasteiger partial charge in [0, 0.05) is 0 Å². The van der Waals surface area contributed by atoms with E-state index >= 15 is 0 Å². The van der Waals surface area contributed by atoms with Crippen LogP contribution >= 0.6 is 0 Å². The summed E-state index contributed by atoms with van der Waals surface area (Å²) < 4.78 is 47.5. The van der Waals surface area contributed by atoms with Crippen LogP contribution in [0.15, 0.2) is 0 Å². The highest BCUT2D eigenvalue weighted by molar-refractivity contribution is 5.06. The molecule has 1 saturated heterocycles. The lowest BCUT2D eigenvalue weighted by Gasteiger charge is -2.33. The van der Waals surface area contributed by atoms with Gasteiger partial charge in [0.05, 0.1) is 5.60 Å². The number of hydrogen-bond acceptors (Lipinski definition) is 3. The minimum absolute atomic E-state index is 0.485. The van der Waals surface area contributed by atoms with Gasteiger partial charge in [0.1, 0.15) is 5.60 Å². The molecule has 2 fully saturated rings. The Morgan fingerprint density at radius 1 is 1.06 bits per heavy atom. The first-order chi connectivity index (χ1) is 7.12. The molecular formula is C10H15F3O3. The molecule has 1 aliphatic carbocycles. The molecule has 0 amide bonds. The minimum atomic E-state index is -4.93. The quantitative estimate of drug-likeness (QED) is 0.706. The summed E-state index contributed by atoms with van der Waals surface area (Å²) in [7, 11) is 0. The lowest BCUT2D eigenvalue weighted by molar-refractivity contribution is -0.450. The standard InChI is InChI=1S/C10H15F3O3/c1-7(2)8(5-3-4-6-8)16-10(14,15-7)9(11,12)13/h14H,3-6H2,1-2H3. The molecule has 0 bridgehead atoms. The maximum atomic E-state index is 12.6. The first-order valence-corrected chi connectivity index (χ1v) is 5.31. The SMILES string of the molecule is CC1(C)OC(O)(C(F)(F)F)OC12CCCC2. The lowest BCUT2D eigenvalue weighted by Crippen LogP contribution is -2.47. The van der Waals surface area contributed by atoms with Gasteiger partial charge in [0.2, 0.25) is 0 Å². The van der Waals surface area contributed by atoms with Crippen LogP contribution < -0.4 is 0 Å². The van der Waals surface area contributed by atoms with Crippen molar-refractivity contribution >= 4 is 0 Å². The fourth-order valence-electron chi connectivity index (χ4n) is 2.61. The lowest BCUT2D eigenvalue weighted by atomic mass is 9.85. The van der Waals surface area contributed by atoms with Crippen LogP contribution in [0.1, 0.15) is 39.5 Å². The molecule has 0 radical (unpaired) electrons. The highest BCUT2D eigenvalue weighted by Gasteiger charge is 2.72. The fraction of sp³-hybridized carbons (Fsp3) is 1.00. The van der Waals surface area contributed by atoms with Crippen LogP contribution in [0.4, 0.5) is 13.2 Å². The number of halogens is 3. The largest absolute Gasteiger partial charge is 0.473 e. The van der Waals surface area contributed by atoms with Gasteiger partial charge in [-0.3, -0.25) is 0 Å². The topological polar surface area (TPSA) is 38.7 Å². The van der Waals surface area contributed by atoms with Gasteiger partial charge in [-0.2, -0.15) is 13.2 Å². The summed E-state index contributed by atoms with van der Waals surface area (Å²) in [5.41, 5.74) is -2.15. The summed E-state index contributed by atoms with van der Waals surface area (Å²) >= 11 is 0. The zero-order valence-corrected chi connectivity index (χ0v) is 9.23. The highest BCUT2D eigenvalue weighted by atomic mass is 19.4. The van der Waals surface area contributed by atoms with Gasteiger partial charge in [0.25, 0.3) is 0 Å². The Morgan fingerprint density at radius 2 is 1.56 bits per heavy atom. The van der Waals surface area contributed by atoms with Crippen LogP contribution in [0, 0.1) is 0 Å². The number of aliphatic hydroxyl groups is 1. The van der Waals surface area contributed by atoms with Crippen molar-refractivity contribution in [2.75, 3.05) is 0 Å². The van der Waals surface area contributed by atoms with E-state index in [9.17, 15) is 18.3 Å². The van der Waals surface area contributed by atoms with Gasteiger partial charge in [-0.05, 0) is 26.7 Å². The third-order valence-electron chi connectivity index (χ3n) is 3.59. The molecule has 0 aromatic rings. The third-order valence-corrected chi connectivity index (χ3v) is 3.59. The summed E-state index contributed by atoms with van der Waals surface area (Å²) in [6.45, 7) is 3.06. The van der Waals surface area contributed by atoms with E-state index in [0.29, 0.717) is 12.8 Å². The molecule has 1 saturated carbocycles. The Hall–Kier alpha value is -0.330. The molecule has 0 aromatic carbocycles. The van der Waals surface area contributed by atoms with Crippen LogP contribution in [0.5, 0.6) is 0 Å². The van der Waals surface area contributed by atoms with Crippen LogP contribution in [-0.4, -0.2) is 28.5 Å². The van der Waals surface area contributed by atoms with E-state index in [1.54, 1.807) is 0 Å². The van der Waals surface area contributed by atoms with E-state index in [1.807, 2.05) is 0 Å². The molecule has 1 spiro atoms. The molecule has 1 atom stereocenters. The van der Waals surface area contributed by atoms with E-state index in [-0.39, 0.29) is 0 Å². The predicted molar refractivity (Wildman–Crippen MR) is 48.5 cm³/mol. The summed E-state index contributed by atoms with van der Waals surface area (Å²) in [6.07, 6.45) is -2.38. The maximum absolute atomic E-state index is 12.6. The Kier molecular flexibility index (Phi) is 2.36. The first-order valence-electron chi connectivity index (χ1n) is 5.31. The van der Waals surface area contributed by atoms with Crippen molar-refractivity contribution in [2.24, 2.45) is 0 Å². The van der Waals surface area contributed by atoms with Crippen molar-refractivity contribution in [3.8, 4) is 0 Å². The van der Waals surface area contributed by atoms with Crippen molar-refractivity contribution in [1.29, 1.82) is 0 Å². The summed E-state index contributed by atoms with van der Waals surface area (Å²) in [5.74, 6) is -3.46. The Labute approximate surface area is 91.5 Å². The molecular weight excluding hydrogens is 225 g/mol. The van der Waals surface area contributed by atoms with Crippen molar-refractivity contribution in [2.45, 2.75) is 62.9 Å². The van der Waals surface area contributed by atoms with Gasteiger partial charge in [-0.15, -0.1) is 0 Å². The molecule has 1 N–H and O–H groups in total. The molecule has 1 aliphatic heterocycles. The van der Waals surface area contributed by atoms with Gasteiger partial charge >= 0.3 is 12.1 Å². The van der Waals surface area contributed by atoms with Gasteiger partial charge < -0.3 is 14.6 Å². The van der Waals surface area contributed by atoms with Crippen molar-refractivity contribution in [1.82, 2.24) is 0 Å². The van der Waals surface area contributed by atoms with E-state index in [1.165, 1.54) is 13.8 Å². The number of alkyl halides is 3. The van der Waals surface area contributed by atoms with Gasteiger partial charge in [-0.25, -0.2) is 0 Å². The Bertz CT molecular complexity index is 294. The zero-order chi connectivity index (χ0) is 12.2. The van der Waals surface area contributed by atoms with E-state index in [4.69, 9.17) is 9.47 Å². The van der Waals surface area contributed by atoms with Crippen molar-refractivity contribution < 1.29 is 27.8 Å². The van der Waals surface area contributed by atoms with Crippen LogP contribution in [0.25, 0.3) is 0 Å². The first kappa shape index (κ1) is 12.1. The summed E-state index contributed by atoms with van der Waals surface area (Å²) in [6, 6.07) is 0. The van der Waals surface area contributed by atoms with E-state index in [0.717, 1.165) is 12.8 Å². The average Bonchev–Trinajstić information content (AvgIpc) is 2.57. The van der Waals surface area contributed by atoms with E-state index < -0.39 is 23.4 Å². The van der Waals surface area contributed by atoms with Crippen LogP contribution in [0.2, 0.25) is 0 Å². The molecule has 6 heteroatoms. The second-order valence-electron chi connectivity index (χ2n) is 5.00. The zero-order valence-electron chi connectivity index (χ0n) is 9.23. The fourth-order valence-corrected chi connectivity index (χ4v) is 2.61. The minimum Gasteiger partial charge on any atom is -0.336 e. The maximum Gasteiger partial charge on any atom is 0.473 e. The van der Waals surface area contributed by atoms with Crippen LogP contribution in [0.3, 0.4) is 0 Å². The Morgan fingerprint density at radius 3 is 1.94 bits per heavy atom. The number of hydrogen-bond donors (Lipinski definition) is 1. The molecule has 3 nitrogen and oxygen atoms in total. The van der Waals surface area contributed by atoms with Crippen molar-refractivity contribution in [3.05, 3.63) is 0 Å². The molecule has 2 rings (SSSR count). The van der Waals surface area contributed by atoms with Crippen molar-refractivity contribution in [3.63, 3.8) is 0 Å². The second kappa shape index (κ2) is 3.11. The average molecular weight is 240 g/mol. The summed E-state index contributed by atoms with van der Waals surface area (Å²) in [4.78, 5) is 0. The third kappa shape index (κ3) is 1.47. The van der Waals surface area contributed by atoms with Crippen LogP contribution in [-0.2, 0) is 9.47 Å². The normalized spacial score (nSPS) is 37.1. The van der Waals surface area contributed by atoms with Gasteiger partial charge in [0.15, 0.2) is 0 Å². The number of rotatable bonds is 0. The molecule has 1 unspecified atom stereocenters. The molecule has 94 valence electrons. The summed E-state index contributed by atoms with van der Waals surface area (Å²) in [5, 5.41) is 9.42. The molecule has 0 aromatic heterocycles. The highest BCUT2D eigenvalue weighted by Crippen LogP contribution is 2.55. The Balaban J connectivity index is 2.33. The second-order valence-corrected chi connectivity index (χ2v) is 5.00. The predicted octanol–water partition coefficient (Wildman–Crippen LogP) is 2.33. The molecule has 16 heavy (non-hydrogen) atoms. The van der Waals surface area contributed by atoms with E-state index in [2.05, 4.69) is 0 Å². The molecule has 2 aliphatic rings. The molecule has 1 heterocycles. The van der Waals surface area contributed by atoms with Gasteiger partial charge in [-0.1, -0.05) is 12.8 Å². The number of ether oxygens (including phenoxy) is 2. The monoisotopic (exact) mass is 240 g/mol.